The fourth-order valence-corrected chi connectivity index (χ4v) is 3.35. The quantitative estimate of drug-likeness (QED) is 0.739. The molecule has 1 saturated carbocycles. The molecule has 1 nitrogen and oxygen atoms in total. The zero-order chi connectivity index (χ0) is 10.3. The summed E-state index contributed by atoms with van der Waals surface area (Å²) in [5.41, 5.74) is 1.51. The zero-order valence-corrected chi connectivity index (χ0v) is 9.94. The molecule has 1 aromatic heterocycles. The molecular formula is C12H12ClNS. The first-order chi connectivity index (χ1) is 7.31. The topological polar surface area (TPSA) is 12.9 Å². The molecule has 1 heterocycles. The van der Waals surface area contributed by atoms with Crippen LogP contribution in [0.1, 0.15) is 17.8 Å². The Labute approximate surface area is 98.1 Å². The summed E-state index contributed by atoms with van der Waals surface area (Å²) in [6.07, 6.45) is 3.61. The van der Waals surface area contributed by atoms with E-state index in [9.17, 15) is 0 Å². The lowest BCUT2D eigenvalue weighted by molar-refractivity contribution is 0.577. The highest BCUT2D eigenvalue weighted by molar-refractivity contribution is 7.18. The molecule has 3 heteroatoms. The van der Waals surface area contributed by atoms with Crippen molar-refractivity contribution in [2.75, 3.05) is 5.88 Å². The summed E-state index contributed by atoms with van der Waals surface area (Å²) >= 11 is 7.79. The Morgan fingerprint density at radius 1 is 1.33 bits per heavy atom. The molecule has 1 aliphatic rings. The number of fused-ring (bicyclic) bond motifs is 1. The Bertz CT molecular complexity index is 454. The van der Waals surface area contributed by atoms with E-state index in [0.29, 0.717) is 5.41 Å². The van der Waals surface area contributed by atoms with Gasteiger partial charge in [0.2, 0.25) is 0 Å². The average Bonchev–Trinajstić information content (AvgIpc) is 2.91. The van der Waals surface area contributed by atoms with Crippen molar-refractivity contribution < 1.29 is 0 Å². The van der Waals surface area contributed by atoms with Gasteiger partial charge in [-0.25, -0.2) is 4.98 Å². The van der Waals surface area contributed by atoms with Crippen molar-refractivity contribution in [1.29, 1.82) is 0 Å². The van der Waals surface area contributed by atoms with Gasteiger partial charge in [0.25, 0.3) is 0 Å². The molecule has 0 amide bonds. The smallest absolute Gasteiger partial charge is 0.0944 e. The van der Waals surface area contributed by atoms with Crippen molar-refractivity contribution in [2.24, 2.45) is 5.41 Å². The summed E-state index contributed by atoms with van der Waals surface area (Å²) in [6.45, 7) is 0. The molecule has 2 aromatic rings. The molecule has 1 aliphatic carbocycles. The molecule has 0 radical (unpaired) electrons. The lowest BCUT2D eigenvalue weighted by Crippen LogP contribution is -2.05. The van der Waals surface area contributed by atoms with Crippen LogP contribution in [0.15, 0.2) is 24.3 Å². The van der Waals surface area contributed by atoms with Gasteiger partial charge < -0.3 is 0 Å². The van der Waals surface area contributed by atoms with Crippen LogP contribution in [-0.4, -0.2) is 10.9 Å². The van der Waals surface area contributed by atoms with Crippen LogP contribution in [0.5, 0.6) is 0 Å². The van der Waals surface area contributed by atoms with Crippen LogP contribution < -0.4 is 0 Å². The van der Waals surface area contributed by atoms with Crippen LogP contribution in [0.4, 0.5) is 0 Å². The summed E-state index contributed by atoms with van der Waals surface area (Å²) in [5.74, 6) is 0.781. The second kappa shape index (κ2) is 3.46. The van der Waals surface area contributed by atoms with E-state index in [0.717, 1.165) is 17.8 Å². The first-order valence-corrected chi connectivity index (χ1v) is 6.57. The average molecular weight is 238 g/mol. The van der Waals surface area contributed by atoms with Crippen LogP contribution in [0.25, 0.3) is 10.2 Å². The van der Waals surface area contributed by atoms with E-state index in [1.807, 2.05) is 17.4 Å². The summed E-state index contributed by atoms with van der Waals surface area (Å²) < 4.78 is 1.29. The SMILES string of the molecule is ClCC1(Cc2nc3ccccc3s2)CC1. The number of para-hydroxylation sites is 1. The standard InChI is InChI=1S/C12H12ClNS/c13-8-12(5-6-12)7-11-14-9-3-1-2-4-10(9)15-11/h1-4H,5-8H2. The highest BCUT2D eigenvalue weighted by Gasteiger charge is 2.42. The highest BCUT2D eigenvalue weighted by Crippen LogP contribution is 2.49. The fourth-order valence-electron chi connectivity index (χ4n) is 1.85. The number of thiazole rings is 1. The predicted octanol–water partition coefficient (Wildman–Crippen LogP) is 3.86. The molecule has 0 N–H and O–H groups in total. The lowest BCUT2D eigenvalue weighted by Gasteiger charge is -2.06. The number of nitrogens with zero attached hydrogens (tertiary/aromatic N) is 1. The van der Waals surface area contributed by atoms with Gasteiger partial charge in [0.15, 0.2) is 0 Å². The van der Waals surface area contributed by atoms with Crippen molar-refractivity contribution in [1.82, 2.24) is 4.98 Å². The minimum absolute atomic E-state index is 0.384. The summed E-state index contributed by atoms with van der Waals surface area (Å²) in [7, 11) is 0. The van der Waals surface area contributed by atoms with Crippen molar-refractivity contribution >= 4 is 33.2 Å². The third kappa shape index (κ3) is 1.77. The molecule has 0 unspecified atom stereocenters. The zero-order valence-electron chi connectivity index (χ0n) is 8.37. The Kier molecular flexibility index (Phi) is 2.22. The van der Waals surface area contributed by atoms with E-state index in [-0.39, 0.29) is 0 Å². The van der Waals surface area contributed by atoms with Gasteiger partial charge in [-0.1, -0.05) is 12.1 Å². The third-order valence-electron chi connectivity index (χ3n) is 3.10. The van der Waals surface area contributed by atoms with E-state index in [4.69, 9.17) is 11.6 Å². The number of hydrogen-bond donors (Lipinski definition) is 0. The number of rotatable bonds is 3. The minimum atomic E-state index is 0.384. The molecule has 1 fully saturated rings. The molecule has 0 bridgehead atoms. The molecule has 3 rings (SSSR count). The van der Waals surface area contributed by atoms with Gasteiger partial charge in [0, 0.05) is 12.3 Å². The van der Waals surface area contributed by atoms with Gasteiger partial charge in [-0.15, -0.1) is 22.9 Å². The van der Waals surface area contributed by atoms with Crippen molar-refractivity contribution in [3.63, 3.8) is 0 Å². The number of benzene rings is 1. The molecule has 0 atom stereocenters. The van der Waals surface area contributed by atoms with Crippen molar-refractivity contribution in [3.8, 4) is 0 Å². The third-order valence-corrected chi connectivity index (χ3v) is 4.71. The molecular weight excluding hydrogens is 226 g/mol. The van der Waals surface area contributed by atoms with Crippen LogP contribution in [0.3, 0.4) is 0 Å². The largest absolute Gasteiger partial charge is 0.241 e. The number of halogens is 1. The Hall–Kier alpha value is -0.600. The Morgan fingerprint density at radius 2 is 2.13 bits per heavy atom. The van der Waals surface area contributed by atoms with E-state index in [2.05, 4.69) is 23.2 Å². The molecule has 1 aromatic carbocycles. The van der Waals surface area contributed by atoms with Gasteiger partial charge in [-0.2, -0.15) is 0 Å². The second-order valence-corrected chi connectivity index (χ2v) is 5.77. The molecule has 0 saturated heterocycles. The van der Waals surface area contributed by atoms with Crippen LogP contribution in [0.2, 0.25) is 0 Å². The highest BCUT2D eigenvalue weighted by atomic mass is 35.5. The van der Waals surface area contributed by atoms with Crippen molar-refractivity contribution in [2.45, 2.75) is 19.3 Å². The van der Waals surface area contributed by atoms with E-state index in [1.54, 1.807) is 0 Å². The van der Waals surface area contributed by atoms with E-state index < -0.39 is 0 Å². The minimum Gasteiger partial charge on any atom is -0.241 e. The van der Waals surface area contributed by atoms with E-state index >= 15 is 0 Å². The van der Waals surface area contributed by atoms with Crippen molar-refractivity contribution in [3.05, 3.63) is 29.3 Å². The van der Waals surface area contributed by atoms with Gasteiger partial charge in [-0.3, -0.25) is 0 Å². The fraction of sp³-hybridized carbons (Fsp3) is 0.417. The maximum Gasteiger partial charge on any atom is 0.0944 e. The van der Waals surface area contributed by atoms with Crippen LogP contribution >= 0.6 is 22.9 Å². The van der Waals surface area contributed by atoms with Gasteiger partial charge >= 0.3 is 0 Å². The van der Waals surface area contributed by atoms with Crippen LogP contribution in [-0.2, 0) is 6.42 Å². The number of hydrogen-bond acceptors (Lipinski definition) is 2. The van der Waals surface area contributed by atoms with Gasteiger partial charge in [0.05, 0.1) is 15.2 Å². The van der Waals surface area contributed by atoms with E-state index in [1.165, 1.54) is 22.5 Å². The molecule has 0 spiro atoms. The molecule has 78 valence electrons. The molecule has 15 heavy (non-hydrogen) atoms. The Balaban J connectivity index is 1.92. The second-order valence-electron chi connectivity index (χ2n) is 4.39. The Morgan fingerprint density at radius 3 is 2.80 bits per heavy atom. The summed E-state index contributed by atoms with van der Waals surface area (Å²) in [6, 6.07) is 8.32. The van der Waals surface area contributed by atoms with Crippen LogP contribution in [0, 0.1) is 5.41 Å². The first kappa shape index (κ1) is 9.61. The first-order valence-electron chi connectivity index (χ1n) is 5.22. The summed E-state index contributed by atoms with van der Waals surface area (Å²) in [5, 5.41) is 1.24. The number of alkyl halides is 1. The monoisotopic (exact) mass is 237 g/mol. The summed E-state index contributed by atoms with van der Waals surface area (Å²) in [4.78, 5) is 4.65. The molecule has 0 aliphatic heterocycles. The lowest BCUT2D eigenvalue weighted by atomic mass is 10.1. The maximum absolute atomic E-state index is 5.98. The normalized spacial score (nSPS) is 18.2. The van der Waals surface area contributed by atoms with Gasteiger partial charge in [-0.05, 0) is 30.4 Å². The van der Waals surface area contributed by atoms with Gasteiger partial charge in [0.1, 0.15) is 0 Å². The number of aromatic nitrogens is 1. The predicted molar refractivity (Wildman–Crippen MR) is 65.7 cm³/mol. The maximum atomic E-state index is 5.98.